The molecule has 0 saturated heterocycles. The van der Waals surface area contributed by atoms with Gasteiger partial charge in [-0.25, -0.2) is 4.79 Å². The molecule has 0 heterocycles. The molecule has 1 amide bonds. The maximum Gasteiger partial charge on any atom is 0.410 e. The lowest BCUT2D eigenvalue weighted by atomic mass is 10.2. The average molecular weight is 213 g/mol. The third kappa shape index (κ3) is 5.45. The van der Waals surface area contributed by atoms with Crippen LogP contribution < -0.4 is 0 Å². The third-order valence-electron chi connectivity index (χ3n) is 2.01. The maximum absolute atomic E-state index is 11.8. The fourth-order valence-corrected chi connectivity index (χ4v) is 1.31. The molecule has 0 radical (unpaired) electrons. The van der Waals surface area contributed by atoms with Crippen molar-refractivity contribution in [3.05, 3.63) is 12.7 Å². The standard InChI is InChI=1S/C12H23NO2/c1-7-9-10(3)13(8-2)11(14)15-12(4,5)6/h7,10H,1,8-9H2,2-6H3. The Balaban J connectivity index is 4.40. The second-order valence-corrected chi connectivity index (χ2v) is 4.64. The van der Waals surface area contributed by atoms with Crippen LogP contribution in [0.1, 0.15) is 41.0 Å². The first-order valence-corrected chi connectivity index (χ1v) is 5.42. The molecule has 3 nitrogen and oxygen atoms in total. The second kappa shape index (κ2) is 5.79. The summed E-state index contributed by atoms with van der Waals surface area (Å²) < 4.78 is 5.31. The van der Waals surface area contributed by atoms with E-state index in [9.17, 15) is 4.79 Å². The van der Waals surface area contributed by atoms with E-state index in [1.807, 2.05) is 40.7 Å². The molecule has 0 spiro atoms. The summed E-state index contributed by atoms with van der Waals surface area (Å²) in [6, 6.07) is 0.141. The summed E-state index contributed by atoms with van der Waals surface area (Å²) in [6.07, 6.45) is 2.35. The highest BCUT2D eigenvalue weighted by Gasteiger charge is 2.23. The molecule has 15 heavy (non-hydrogen) atoms. The van der Waals surface area contributed by atoms with Crippen molar-refractivity contribution in [3.8, 4) is 0 Å². The summed E-state index contributed by atoms with van der Waals surface area (Å²) in [5.41, 5.74) is -0.432. The highest BCUT2D eigenvalue weighted by atomic mass is 16.6. The van der Waals surface area contributed by atoms with Gasteiger partial charge in [0.05, 0.1) is 0 Å². The van der Waals surface area contributed by atoms with E-state index in [-0.39, 0.29) is 12.1 Å². The number of carbonyl (C=O) groups excluding carboxylic acids is 1. The first-order valence-electron chi connectivity index (χ1n) is 5.42. The molecule has 0 bridgehead atoms. The van der Waals surface area contributed by atoms with Crippen molar-refractivity contribution < 1.29 is 9.53 Å². The number of ether oxygens (including phenoxy) is 1. The molecule has 0 aliphatic carbocycles. The van der Waals surface area contributed by atoms with Gasteiger partial charge in [-0.15, -0.1) is 6.58 Å². The van der Waals surface area contributed by atoms with Crippen LogP contribution in [-0.4, -0.2) is 29.2 Å². The Morgan fingerprint density at radius 3 is 2.40 bits per heavy atom. The van der Waals surface area contributed by atoms with E-state index < -0.39 is 5.60 Å². The largest absolute Gasteiger partial charge is 0.444 e. The van der Waals surface area contributed by atoms with Gasteiger partial charge in [-0.2, -0.15) is 0 Å². The van der Waals surface area contributed by atoms with Crippen LogP contribution in [0, 0.1) is 0 Å². The molecule has 88 valence electrons. The van der Waals surface area contributed by atoms with Crippen LogP contribution in [-0.2, 0) is 4.74 Å². The molecule has 0 N–H and O–H groups in total. The lowest BCUT2D eigenvalue weighted by Gasteiger charge is -2.30. The Labute approximate surface area is 93.1 Å². The van der Waals surface area contributed by atoms with Gasteiger partial charge in [0.25, 0.3) is 0 Å². The van der Waals surface area contributed by atoms with Crippen LogP contribution >= 0.6 is 0 Å². The SMILES string of the molecule is C=CCC(C)N(CC)C(=O)OC(C)(C)C. The van der Waals surface area contributed by atoms with Crippen LogP contribution in [0.2, 0.25) is 0 Å². The molecule has 3 heteroatoms. The Morgan fingerprint density at radius 1 is 1.53 bits per heavy atom. The summed E-state index contributed by atoms with van der Waals surface area (Å²) in [6.45, 7) is 13.9. The zero-order valence-electron chi connectivity index (χ0n) is 10.5. The Hall–Kier alpha value is -0.990. The van der Waals surface area contributed by atoms with Crippen molar-refractivity contribution in [2.75, 3.05) is 6.54 Å². The van der Waals surface area contributed by atoms with E-state index in [2.05, 4.69) is 6.58 Å². The minimum absolute atomic E-state index is 0.141. The zero-order chi connectivity index (χ0) is 12.1. The lowest BCUT2D eigenvalue weighted by Crippen LogP contribution is -2.41. The Bertz CT molecular complexity index is 218. The maximum atomic E-state index is 11.8. The van der Waals surface area contributed by atoms with Crippen molar-refractivity contribution >= 4 is 6.09 Å². The summed E-state index contributed by atoms with van der Waals surface area (Å²) in [5, 5.41) is 0. The molecule has 0 aromatic rings. The molecule has 0 saturated carbocycles. The highest BCUT2D eigenvalue weighted by molar-refractivity contribution is 5.68. The average Bonchev–Trinajstić information content (AvgIpc) is 2.02. The van der Waals surface area contributed by atoms with E-state index >= 15 is 0 Å². The van der Waals surface area contributed by atoms with Crippen molar-refractivity contribution in [2.45, 2.75) is 52.7 Å². The van der Waals surface area contributed by atoms with E-state index in [1.165, 1.54) is 0 Å². The fraction of sp³-hybridized carbons (Fsp3) is 0.750. The van der Waals surface area contributed by atoms with Crippen LogP contribution in [0.15, 0.2) is 12.7 Å². The van der Waals surface area contributed by atoms with Gasteiger partial charge in [0.2, 0.25) is 0 Å². The molecular weight excluding hydrogens is 190 g/mol. The smallest absolute Gasteiger partial charge is 0.410 e. The van der Waals surface area contributed by atoms with Gasteiger partial charge in [-0.3, -0.25) is 0 Å². The molecule has 0 aliphatic heterocycles. The van der Waals surface area contributed by atoms with Crippen molar-refractivity contribution in [3.63, 3.8) is 0 Å². The lowest BCUT2D eigenvalue weighted by molar-refractivity contribution is 0.0191. The molecule has 1 atom stereocenters. The predicted octanol–water partition coefficient (Wildman–Crippen LogP) is 3.21. The highest BCUT2D eigenvalue weighted by Crippen LogP contribution is 2.13. The zero-order valence-corrected chi connectivity index (χ0v) is 10.5. The third-order valence-corrected chi connectivity index (χ3v) is 2.01. The number of amides is 1. The quantitative estimate of drug-likeness (QED) is 0.671. The van der Waals surface area contributed by atoms with Gasteiger partial charge in [0.15, 0.2) is 0 Å². The van der Waals surface area contributed by atoms with E-state index in [4.69, 9.17) is 4.74 Å². The minimum Gasteiger partial charge on any atom is -0.444 e. The van der Waals surface area contributed by atoms with Gasteiger partial charge < -0.3 is 9.64 Å². The van der Waals surface area contributed by atoms with Gasteiger partial charge in [-0.05, 0) is 41.0 Å². The van der Waals surface area contributed by atoms with Crippen LogP contribution in [0.25, 0.3) is 0 Å². The van der Waals surface area contributed by atoms with Crippen molar-refractivity contribution in [1.29, 1.82) is 0 Å². The van der Waals surface area contributed by atoms with Gasteiger partial charge in [-0.1, -0.05) is 6.08 Å². The molecular formula is C12H23NO2. The Morgan fingerprint density at radius 2 is 2.07 bits per heavy atom. The number of carbonyl (C=O) groups is 1. The van der Waals surface area contributed by atoms with Crippen LogP contribution in [0.5, 0.6) is 0 Å². The van der Waals surface area contributed by atoms with Gasteiger partial charge in [0, 0.05) is 12.6 Å². The summed E-state index contributed by atoms with van der Waals surface area (Å²) in [7, 11) is 0. The van der Waals surface area contributed by atoms with E-state index in [0.29, 0.717) is 6.54 Å². The summed E-state index contributed by atoms with van der Waals surface area (Å²) in [4.78, 5) is 13.5. The molecule has 0 aliphatic rings. The minimum atomic E-state index is -0.432. The predicted molar refractivity (Wildman–Crippen MR) is 62.9 cm³/mol. The molecule has 0 rings (SSSR count). The molecule has 0 fully saturated rings. The monoisotopic (exact) mass is 213 g/mol. The van der Waals surface area contributed by atoms with E-state index in [1.54, 1.807) is 4.90 Å². The van der Waals surface area contributed by atoms with Crippen molar-refractivity contribution in [1.82, 2.24) is 4.90 Å². The molecule has 1 unspecified atom stereocenters. The second-order valence-electron chi connectivity index (χ2n) is 4.64. The van der Waals surface area contributed by atoms with Crippen LogP contribution in [0.3, 0.4) is 0 Å². The Kier molecular flexibility index (Phi) is 5.40. The van der Waals surface area contributed by atoms with Crippen molar-refractivity contribution in [2.24, 2.45) is 0 Å². The number of rotatable bonds is 4. The summed E-state index contributed by atoms with van der Waals surface area (Å²) >= 11 is 0. The molecule has 0 aromatic heterocycles. The fourth-order valence-electron chi connectivity index (χ4n) is 1.31. The topological polar surface area (TPSA) is 29.5 Å². The van der Waals surface area contributed by atoms with Crippen LogP contribution in [0.4, 0.5) is 4.79 Å². The number of hydrogen-bond donors (Lipinski definition) is 0. The molecule has 0 aromatic carbocycles. The first-order chi connectivity index (χ1) is 6.81. The number of hydrogen-bond acceptors (Lipinski definition) is 2. The summed E-state index contributed by atoms with van der Waals surface area (Å²) in [5.74, 6) is 0. The van der Waals surface area contributed by atoms with E-state index in [0.717, 1.165) is 6.42 Å². The number of nitrogens with zero attached hydrogens (tertiary/aromatic N) is 1. The normalized spacial score (nSPS) is 13.1. The van der Waals surface area contributed by atoms with Gasteiger partial charge in [0.1, 0.15) is 5.60 Å². The van der Waals surface area contributed by atoms with Gasteiger partial charge >= 0.3 is 6.09 Å². The first kappa shape index (κ1) is 14.0.